The maximum Gasteiger partial charge on any atom is 0.410 e. The molecule has 148 valence electrons. The molecule has 2 N–H and O–H groups in total. The van der Waals surface area contributed by atoms with Crippen molar-refractivity contribution in [2.24, 2.45) is 5.41 Å². The van der Waals surface area contributed by atoms with Gasteiger partial charge in [0, 0.05) is 37.3 Å². The van der Waals surface area contributed by atoms with E-state index in [1.54, 1.807) is 11.0 Å². The van der Waals surface area contributed by atoms with Gasteiger partial charge in [0.15, 0.2) is 0 Å². The molecule has 0 radical (unpaired) electrons. The Morgan fingerprint density at radius 2 is 2.04 bits per heavy atom. The molecule has 27 heavy (non-hydrogen) atoms. The predicted octanol–water partition coefficient (Wildman–Crippen LogP) is 3.30. The Morgan fingerprint density at radius 3 is 2.63 bits per heavy atom. The zero-order chi connectivity index (χ0) is 19.8. The Morgan fingerprint density at radius 1 is 1.37 bits per heavy atom. The van der Waals surface area contributed by atoms with E-state index in [-0.39, 0.29) is 23.5 Å². The molecule has 7 nitrogen and oxygen atoms in total. The Hall–Kier alpha value is -2.02. The highest BCUT2D eigenvalue weighted by atomic mass is 35.5. The molecule has 2 aliphatic rings. The van der Waals surface area contributed by atoms with Crippen LogP contribution in [0.2, 0.25) is 5.15 Å². The summed E-state index contributed by atoms with van der Waals surface area (Å²) in [6.07, 6.45) is 2.98. The van der Waals surface area contributed by atoms with E-state index in [9.17, 15) is 9.59 Å². The van der Waals surface area contributed by atoms with E-state index in [0.29, 0.717) is 36.0 Å². The van der Waals surface area contributed by atoms with Gasteiger partial charge in [-0.15, -0.1) is 0 Å². The van der Waals surface area contributed by atoms with E-state index in [2.05, 4.69) is 15.6 Å². The van der Waals surface area contributed by atoms with E-state index in [0.717, 1.165) is 12.8 Å². The first-order valence-corrected chi connectivity index (χ1v) is 9.67. The van der Waals surface area contributed by atoms with E-state index >= 15 is 0 Å². The molecule has 8 heteroatoms. The van der Waals surface area contributed by atoms with Crippen LogP contribution in [0.3, 0.4) is 0 Å². The Kier molecular flexibility index (Phi) is 5.25. The minimum absolute atomic E-state index is 0.114. The molecule has 1 aliphatic heterocycles. The van der Waals surface area contributed by atoms with Crippen molar-refractivity contribution in [3.8, 4) is 0 Å². The third-order valence-corrected chi connectivity index (χ3v) is 5.09. The molecule has 0 aromatic carbocycles. The van der Waals surface area contributed by atoms with Gasteiger partial charge >= 0.3 is 6.09 Å². The second-order valence-corrected chi connectivity index (χ2v) is 8.89. The number of carbonyl (C=O) groups is 2. The van der Waals surface area contributed by atoms with Crippen LogP contribution < -0.4 is 10.6 Å². The second-order valence-electron chi connectivity index (χ2n) is 8.50. The van der Waals surface area contributed by atoms with Crippen LogP contribution in [0.4, 0.5) is 10.5 Å². The summed E-state index contributed by atoms with van der Waals surface area (Å²) >= 11 is 5.92. The number of likely N-dealkylation sites (tertiary alicyclic amines) is 1. The monoisotopic (exact) mass is 394 g/mol. The van der Waals surface area contributed by atoms with Crippen molar-refractivity contribution < 1.29 is 14.3 Å². The maximum atomic E-state index is 12.6. The minimum Gasteiger partial charge on any atom is -0.444 e. The van der Waals surface area contributed by atoms with Gasteiger partial charge in [-0.25, -0.2) is 9.78 Å². The van der Waals surface area contributed by atoms with Crippen LogP contribution >= 0.6 is 11.6 Å². The van der Waals surface area contributed by atoms with Crippen molar-refractivity contribution >= 4 is 29.3 Å². The topological polar surface area (TPSA) is 83.6 Å². The van der Waals surface area contributed by atoms with Gasteiger partial charge in [0.2, 0.25) is 0 Å². The molecule has 1 aromatic heterocycles. The summed E-state index contributed by atoms with van der Waals surface area (Å²) in [7, 11) is 0. The van der Waals surface area contributed by atoms with Gasteiger partial charge in [0.1, 0.15) is 10.8 Å². The lowest BCUT2D eigenvalue weighted by atomic mass is 9.60. The normalized spacial score (nSPS) is 18.5. The second kappa shape index (κ2) is 7.19. The van der Waals surface area contributed by atoms with Crippen molar-refractivity contribution in [2.45, 2.75) is 52.2 Å². The Labute approximate surface area is 164 Å². The van der Waals surface area contributed by atoms with Gasteiger partial charge in [-0.3, -0.25) is 4.79 Å². The van der Waals surface area contributed by atoms with Crippen LogP contribution in [0.15, 0.2) is 12.3 Å². The van der Waals surface area contributed by atoms with Crippen LogP contribution in [-0.2, 0) is 4.74 Å². The standard InChI is InChI=1S/C19H27ClN4O3/c1-5-21-14-6-15(20)22-9-13(14)16(25)23-12-7-19(8-12)10-24(11-19)17(26)27-18(2,3)4/h6,9,12H,5,7-8,10-11H2,1-4H3,(H,21,22)(H,23,25). The number of rotatable bonds is 4. The van der Waals surface area contributed by atoms with E-state index in [1.165, 1.54) is 6.20 Å². The molecule has 3 rings (SSSR count). The van der Waals surface area contributed by atoms with Gasteiger partial charge < -0.3 is 20.3 Å². The first-order chi connectivity index (χ1) is 12.6. The van der Waals surface area contributed by atoms with Crippen LogP contribution in [-0.4, -0.2) is 53.2 Å². The first-order valence-electron chi connectivity index (χ1n) is 9.29. The van der Waals surface area contributed by atoms with Crippen molar-refractivity contribution in [1.82, 2.24) is 15.2 Å². The summed E-state index contributed by atoms with van der Waals surface area (Å²) in [5, 5.41) is 6.55. The quantitative estimate of drug-likeness (QED) is 0.765. The van der Waals surface area contributed by atoms with Crippen molar-refractivity contribution in [3.63, 3.8) is 0 Å². The number of nitrogens with zero attached hydrogens (tertiary/aromatic N) is 2. The smallest absolute Gasteiger partial charge is 0.410 e. The van der Waals surface area contributed by atoms with E-state index in [4.69, 9.17) is 16.3 Å². The van der Waals surface area contributed by atoms with E-state index < -0.39 is 5.60 Å². The summed E-state index contributed by atoms with van der Waals surface area (Å²) in [4.78, 5) is 30.4. The van der Waals surface area contributed by atoms with Gasteiger partial charge in [-0.2, -0.15) is 0 Å². The number of pyridine rings is 1. The zero-order valence-corrected chi connectivity index (χ0v) is 17.0. The molecule has 2 fully saturated rings. The molecule has 1 spiro atoms. The Balaban J connectivity index is 1.49. The van der Waals surface area contributed by atoms with Crippen molar-refractivity contribution in [2.75, 3.05) is 25.0 Å². The van der Waals surface area contributed by atoms with Crippen LogP contribution in [0, 0.1) is 5.41 Å². The summed E-state index contributed by atoms with van der Waals surface area (Å²) < 4.78 is 5.39. The van der Waals surface area contributed by atoms with Gasteiger partial charge in [-0.05, 0) is 46.6 Å². The number of hydrogen-bond acceptors (Lipinski definition) is 5. The molecule has 0 unspecified atom stereocenters. The lowest BCUT2D eigenvalue weighted by Crippen LogP contribution is -2.67. The first kappa shape index (κ1) is 19.7. The summed E-state index contributed by atoms with van der Waals surface area (Å²) in [6, 6.07) is 1.77. The van der Waals surface area contributed by atoms with Crippen molar-refractivity contribution in [1.29, 1.82) is 0 Å². The lowest BCUT2D eigenvalue weighted by Gasteiger charge is -2.58. The predicted molar refractivity (Wildman–Crippen MR) is 104 cm³/mol. The number of nitrogens with one attached hydrogen (secondary N) is 2. The molecule has 1 saturated heterocycles. The fourth-order valence-electron chi connectivity index (χ4n) is 3.78. The van der Waals surface area contributed by atoms with Gasteiger partial charge in [0.05, 0.1) is 11.3 Å². The fraction of sp³-hybridized carbons (Fsp3) is 0.632. The number of ether oxygens (including phenoxy) is 1. The molecule has 2 amide bonds. The average molecular weight is 395 g/mol. The number of hydrogen-bond donors (Lipinski definition) is 2. The number of halogens is 1. The maximum absolute atomic E-state index is 12.6. The van der Waals surface area contributed by atoms with Gasteiger partial charge in [0.25, 0.3) is 5.91 Å². The highest BCUT2D eigenvalue weighted by molar-refractivity contribution is 6.29. The molecular formula is C19H27ClN4O3. The number of anilines is 1. The average Bonchev–Trinajstić information content (AvgIpc) is 2.46. The molecule has 1 aromatic rings. The molecule has 0 bridgehead atoms. The largest absolute Gasteiger partial charge is 0.444 e. The molecule has 1 saturated carbocycles. The molecule has 0 atom stereocenters. The summed E-state index contributed by atoms with van der Waals surface area (Å²) in [6.45, 7) is 9.62. The summed E-state index contributed by atoms with van der Waals surface area (Å²) in [5.74, 6) is -0.154. The third-order valence-electron chi connectivity index (χ3n) is 4.88. The van der Waals surface area contributed by atoms with Crippen LogP contribution in [0.5, 0.6) is 0 Å². The van der Waals surface area contributed by atoms with E-state index in [1.807, 2.05) is 27.7 Å². The fourth-order valence-corrected chi connectivity index (χ4v) is 3.93. The van der Waals surface area contributed by atoms with Crippen LogP contribution in [0.1, 0.15) is 50.9 Å². The lowest BCUT2D eigenvalue weighted by molar-refractivity contribution is -0.0812. The van der Waals surface area contributed by atoms with Crippen molar-refractivity contribution in [3.05, 3.63) is 23.0 Å². The number of carbonyl (C=O) groups excluding carboxylic acids is 2. The SMILES string of the molecule is CCNc1cc(Cl)ncc1C(=O)NC1CC2(C1)CN(C(=O)OC(C)(C)C)C2. The third kappa shape index (κ3) is 4.46. The highest BCUT2D eigenvalue weighted by Crippen LogP contribution is 2.48. The Bertz CT molecular complexity index is 733. The summed E-state index contributed by atoms with van der Waals surface area (Å²) in [5.41, 5.74) is 0.819. The number of amides is 2. The zero-order valence-electron chi connectivity index (χ0n) is 16.3. The highest BCUT2D eigenvalue weighted by Gasteiger charge is 2.54. The molecular weight excluding hydrogens is 368 g/mol. The van der Waals surface area contributed by atoms with Crippen LogP contribution in [0.25, 0.3) is 0 Å². The molecule has 2 heterocycles. The van der Waals surface area contributed by atoms with Gasteiger partial charge in [-0.1, -0.05) is 11.6 Å². The molecule has 1 aliphatic carbocycles. The number of aromatic nitrogens is 1. The minimum atomic E-state index is -0.479.